The fourth-order valence-corrected chi connectivity index (χ4v) is 5.28. The van der Waals surface area contributed by atoms with Gasteiger partial charge in [-0.1, -0.05) is 18.1 Å². The lowest BCUT2D eigenvalue weighted by atomic mass is 10.1. The van der Waals surface area contributed by atoms with E-state index in [4.69, 9.17) is 10.5 Å². The highest BCUT2D eigenvalue weighted by atomic mass is 16.5. The number of ether oxygens (including phenoxy) is 1. The summed E-state index contributed by atoms with van der Waals surface area (Å²) in [6.07, 6.45) is 2.38. The number of nitrogens with one attached hydrogen (secondary N) is 1. The molecule has 4 heterocycles. The van der Waals surface area contributed by atoms with Gasteiger partial charge >= 0.3 is 5.69 Å². The quantitative estimate of drug-likeness (QED) is 0.325. The Bertz CT molecular complexity index is 1630. The second-order valence-corrected chi connectivity index (χ2v) is 10.2. The Balaban J connectivity index is 1.54. The van der Waals surface area contributed by atoms with Gasteiger partial charge in [-0.3, -0.25) is 28.1 Å². The van der Waals surface area contributed by atoms with Crippen LogP contribution in [0.4, 0.5) is 11.6 Å². The Kier molecular flexibility index (Phi) is 7.86. The minimum absolute atomic E-state index is 0.0286. The number of benzene rings is 1. The fraction of sp³-hybridized carbons (Fsp3) is 0.464. The van der Waals surface area contributed by atoms with E-state index >= 15 is 0 Å². The highest BCUT2D eigenvalue weighted by molar-refractivity contribution is 6.05. The molecule has 0 spiro atoms. The molecular weight excluding hydrogens is 514 g/mol. The average Bonchev–Trinajstić information content (AvgIpc) is 3.62. The third kappa shape index (κ3) is 5.17. The minimum atomic E-state index is -0.663. The molecule has 1 aromatic carbocycles. The maximum Gasteiger partial charge on any atom is 0.332 e. The number of ketones is 1. The summed E-state index contributed by atoms with van der Waals surface area (Å²) < 4.78 is 9.19. The molecule has 0 saturated carbocycles. The molecule has 0 bridgehead atoms. The van der Waals surface area contributed by atoms with Gasteiger partial charge in [0, 0.05) is 38.3 Å². The van der Waals surface area contributed by atoms with Crippen molar-refractivity contribution in [1.82, 2.24) is 18.7 Å². The molecule has 0 aliphatic carbocycles. The summed E-state index contributed by atoms with van der Waals surface area (Å²) in [4.78, 5) is 60.0. The SMILES string of the molecule is CC#CCn1c(N2CCCC(N)C2)nc2c1c(=O)n(CC(=O)c1ccccc1NC(=O)C1CCOC1)c(=O)n2C. The van der Waals surface area contributed by atoms with Gasteiger partial charge in [-0.15, -0.1) is 5.92 Å². The molecular formula is C28H33N7O5. The van der Waals surface area contributed by atoms with Gasteiger partial charge in [-0.2, -0.15) is 4.98 Å². The number of rotatable bonds is 7. The molecule has 5 rings (SSSR count). The van der Waals surface area contributed by atoms with Gasteiger partial charge in [-0.25, -0.2) is 4.79 Å². The van der Waals surface area contributed by atoms with Crippen LogP contribution in [-0.2, 0) is 29.7 Å². The van der Waals surface area contributed by atoms with E-state index < -0.39 is 23.6 Å². The van der Waals surface area contributed by atoms with Crippen LogP contribution in [0.25, 0.3) is 11.2 Å². The molecule has 12 heteroatoms. The van der Waals surface area contributed by atoms with Crippen LogP contribution >= 0.6 is 0 Å². The van der Waals surface area contributed by atoms with Crippen LogP contribution in [0.2, 0.25) is 0 Å². The zero-order chi connectivity index (χ0) is 28.4. The van der Waals surface area contributed by atoms with E-state index in [-0.39, 0.29) is 41.1 Å². The number of hydrogen-bond donors (Lipinski definition) is 2. The van der Waals surface area contributed by atoms with Crippen molar-refractivity contribution >= 4 is 34.5 Å². The van der Waals surface area contributed by atoms with Crippen LogP contribution in [-0.4, -0.2) is 62.7 Å². The number of amides is 1. The first-order chi connectivity index (χ1) is 19.3. The number of hydrogen-bond acceptors (Lipinski definition) is 8. The number of Topliss-reactive ketones (excluding diaryl/α,β-unsaturated/α-hetero) is 1. The van der Waals surface area contributed by atoms with E-state index in [0.29, 0.717) is 44.4 Å². The molecule has 2 atom stereocenters. The molecule has 2 aliphatic rings. The molecule has 12 nitrogen and oxygen atoms in total. The summed E-state index contributed by atoms with van der Waals surface area (Å²) in [5, 5.41) is 2.81. The lowest BCUT2D eigenvalue weighted by Gasteiger charge is -2.31. The smallest absolute Gasteiger partial charge is 0.332 e. The van der Waals surface area contributed by atoms with Crippen molar-refractivity contribution in [2.75, 3.05) is 36.5 Å². The fourth-order valence-electron chi connectivity index (χ4n) is 5.28. The molecule has 2 aromatic heterocycles. The number of fused-ring (bicyclic) bond motifs is 1. The third-order valence-corrected chi connectivity index (χ3v) is 7.45. The van der Waals surface area contributed by atoms with Gasteiger partial charge in [0.1, 0.15) is 0 Å². The molecule has 2 saturated heterocycles. The monoisotopic (exact) mass is 547 g/mol. The first-order valence-electron chi connectivity index (χ1n) is 13.4. The van der Waals surface area contributed by atoms with E-state index in [2.05, 4.69) is 22.1 Å². The number of piperidine rings is 1. The Morgan fingerprint density at radius 2 is 2.00 bits per heavy atom. The molecule has 40 heavy (non-hydrogen) atoms. The standard InChI is InChI=1S/C28H33N7O5/c1-3-4-13-34-23-24(31-27(34)33-12-7-8-19(29)15-33)32(2)28(39)35(26(23)38)16-22(36)20-9-5-6-10-21(20)30-25(37)18-11-14-40-17-18/h5-6,9-10,18-19H,7-8,11-17,29H2,1-2H3,(H,30,37). The molecule has 1 amide bonds. The van der Waals surface area contributed by atoms with Crippen molar-refractivity contribution in [2.24, 2.45) is 18.7 Å². The number of nitrogens with zero attached hydrogens (tertiary/aromatic N) is 5. The van der Waals surface area contributed by atoms with E-state index in [1.54, 1.807) is 35.8 Å². The second-order valence-electron chi connectivity index (χ2n) is 10.2. The number of carbonyl (C=O) groups excluding carboxylic acids is 2. The minimum Gasteiger partial charge on any atom is -0.381 e. The maximum absolute atomic E-state index is 13.8. The van der Waals surface area contributed by atoms with Gasteiger partial charge in [0.25, 0.3) is 5.56 Å². The molecule has 0 radical (unpaired) electrons. The summed E-state index contributed by atoms with van der Waals surface area (Å²) in [6.45, 7) is 3.52. The van der Waals surface area contributed by atoms with Crippen LogP contribution in [0, 0.1) is 17.8 Å². The zero-order valence-electron chi connectivity index (χ0n) is 22.7. The number of para-hydroxylation sites is 1. The van der Waals surface area contributed by atoms with Crippen molar-refractivity contribution < 1.29 is 14.3 Å². The van der Waals surface area contributed by atoms with Crippen molar-refractivity contribution in [2.45, 2.75) is 45.3 Å². The number of aromatic nitrogens is 4. The first kappa shape index (κ1) is 27.4. The molecule has 3 N–H and O–H groups in total. The third-order valence-electron chi connectivity index (χ3n) is 7.45. The van der Waals surface area contributed by atoms with Crippen molar-refractivity contribution in [3.63, 3.8) is 0 Å². The highest BCUT2D eigenvalue weighted by Crippen LogP contribution is 2.23. The predicted octanol–water partition coefficient (Wildman–Crippen LogP) is 0.705. The van der Waals surface area contributed by atoms with Gasteiger partial charge < -0.3 is 20.7 Å². The lowest BCUT2D eigenvalue weighted by Crippen LogP contribution is -2.44. The molecule has 3 aromatic rings. The van der Waals surface area contributed by atoms with Crippen molar-refractivity contribution in [1.29, 1.82) is 0 Å². The van der Waals surface area contributed by atoms with Gasteiger partial charge in [0.2, 0.25) is 11.9 Å². The van der Waals surface area contributed by atoms with Gasteiger partial charge in [-0.05, 0) is 38.3 Å². The summed E-state index contributed by atoms with van der Waals surface area (Å²) in [5.41, 5.74) is 5.85. The molecule has 2 fully saturated rings. The summed E-state index contributed by atoms with van der Waals surface area (Å²) in [7, 11) is 1.53. The number of imidazole rings is 1. The summed E-state index contributed by atoms with van der Waals surface area (Å²) >= 11 is 0. The number of nitrogens with two attached hydrogens (primary N) is 1. The van der Waals surface area contributed by atoms with Crippen molar-refractivity contribution in [3.05, 3.63) is 50.7 Å². The van der Waals surface area contributed by atoms with E-state index in [1.165, 1.54) is 11.6 Å². The maximum atomic E-state index is 13.8. The van der Waals surface area contributed by atoms with Crippen LogP contribution < -0.4 is 27.2 Å². The van der Waals surface area contributed by atoms with Gasteiger partial charge in [0.05, 0.1) is 31.3 Å². The Labute approximate surface area is 230 Å². The molecule has 210 valence electrons. The Hall–Kier alpha value is -4.21. The van der Waals surface area contributed by atoms with Crippen LogP contribution in [0.1, 0.15) is 36.5 Å². The van der Waals surface area contributed by atoms with Crippen molar-refractivity contribution in [3.8, 4) is 11.8 Å². The number of aryl methyl sites for hydroxylation is 1. The Morgan fingerprint density at radius 3 is 2.73 bits per heavy atom. The normalized spacial score (nSPS) is 18.9. The van der Waals surface area contributed by atoms with Crippen LogP contribution in [0.5, 0.6) is 0 Å². The Morgan fingerprint density at radius 1 is 1.20 bits per heavy atom. The van der Waals surface area contributed by atoms with Crippen LogP contribution in [0.3, 0.4) is 0 Å². The average molecular weight is 548 g/mol. The second kappa shape index (κ2) is 11.5. The number of carbonyl (C=O) groups is 2. The van der Waals surface area contributed by atoms with E-state index in [1.807, 2.05) is 4.90 Å². The molecule has 2 aliphatic heterocycles. The highest BCUT2D eigenvalue weighted by Gasteiger charge is 2.28. The largest absolute Gasteiger partial charge is 0.381 e. The summed E-state index contributed by atoms with van der Waals surface area (Å²) in [6, 6.07) is 6.53. The van der Waals surface area contributed by atoms with Gasteiger partial charge in [0.15, 0.2) is 16.9 Å². The number of anilines is 2. The lowest BCUT2D eigenvalue weighted by molar-refractivity contribution is -0.119. The van der Waals surface area contributed by atoms with E-state index in [9.17, 15) is 19.2 Å². The predicted molar refractivity (Wildman–Crippen MR) is 150 cm³/mol. The topological polar surface area (TPSA) is 146 Å². The van der Waals surface area contributed by atoms with Crippen LogP contribution in [0.15, 0.2) is 33.9 Å². The zero-order valence-corrected chi connectivity index (χ0v) is 22.7. The van der Waals surface area contributed by atoms with E-state index in [0.717, 1.165) is 17.4 Å². The molecule has 2 unspecified atom stereocenters. The summed E-state index contributed by atoms with van der Waals surface area (Å²) in [5.74, 6) is 5.34. The first-order valence-corrected chi connectivity index (χ1v) is 13.4.